The Kier molecular flexibility index (Phi) is 6.94. The molecule has 0 aliphatic heterocycles. The van der Waals surface area contributed by atoms with Crippen LogP contribution in [0.3, 0.4) is 0 Å². The van der Waals surface area contributed by atoms with Crippen LogP contribution in [0.25, 0.3) is 0 Å². The van der Waals surface area contributed by atoms with E-state index in [-0.39, 0.29) is 11.0 Å². The van der Waals surface area contributed by atoms with Gasteiger partial charge in [-0.3, -0.25) is 8.75 Å². The van der Waals surface area contributed by atoms with Crippen LogP contribution in [-0.4, -0.2) is 33.3 Å². The summed E-state index contributed by atoms with van der Waals surface area (Å²) < 4.78 is 46.7. The third-order valence-corrected chi connectivity index (χ3v) is 6.34. The lowest BCUT2D eigenvalue weighted by Crippen LogP contribution is -2.11. The van der Waals surface area contributed by atoms with E-state index in [9.17, 15) is 13.0 Å². The second kappa shape index (κ2) is 7.79. The second-order valence-corrected chi connectivity index (χ2v) is 10.1. The Morgan fingerprint density at radius 3 is 2.48 bits per heavy atom. The highest BCUT2D eigenvalue weighted by atomic mass is 32.2. The standard InChI is InChI=1S/C13H21O5PS2/c1-5-20-12-8-6-7-9-13(12)21(15,16)17-10-19(4,14)18-11(2)3/h6-9,11H,5,10H2,1-4H3. The van der Waals surface area contributed by atoms with Crippen molar-refractivity contribution in [2.75, 3.05) is 18.8 Å². The van der Waals surface area contributed by atoms with Gasteiger partial charge in [-0.15, -0.1) is 11.8 Å². The summed E-state index contributed by atoms with van der Waals surface area (Å²) in [6.45, 7) is 6.77. The summed E-state index contributed by atoms with van der Waals surface area (Å²) >= 11 is 1.41. The molecule has 1 unspecified atom stereocenters. The van der Waals surface area contributed by atoms with Crippen molar-refractivity contribution in [3.8, 4) is 0 Å². The molecule has 0 saturated carbocycles. The predicted octanol–water partition coefficient (Wildman–Crippen LogP) is 3.79. The number of hydrogen-bond acceptors (Lipinski definition) is 6. The fourth-order valence-electron chi connectivity index (χ4n) is 1.64. The van der Waals surface area contributed by atoms with Crippen molar-refractivity contribution in [1.29, 1.82) is 0 Å². The fourth-order valence-corrected chi connectivity index (χ4v) is 5.78. The molecule has 0 fully saturated rings. The third kappa shape index (κ3) is 6.12. The maximum absolute atomic E-state index is 12.2. The van der Waals surface area contributed by atoms with Gasteiger partial charge in [0.15, 0.2) is 0 Å². The van der Waals surface area contributed by atoms with Crippen LogP contribution in [-0.2, 0) is 23.4 Å². The third-order valence-electron chi connectivity index (χ3n) is 2.29. The van der Waals surface area contributed by atoms with E-state index in [2.05, 4.69) is 0 Å². The molecule has 120 valence electrons. The van der Waals surface area contributed by atoms with E-state index in [4.69, 9.17) is 8.71 Å². The van der Waals surface area contributed by atoms with Crippen LogP contribution in [0.1, 0.15) is 20.8 Å². The number of benzene rings is 1. The smallest absolute Gasteiger partial charge is 0.298 e. The van der Waals surface area contributed by atoms with Crippen molar-refractivity contribution in [2.45, 2.75) is 36.7 Å². The molecule has 1 aromatic rings. The van der Waals surface area contributed by atoms with E-state index < -0.39 is 23.8 Å². The zero-order valence-corrected chi connectivity index (χ0v) is 15.1. The van der Waals surface area contributed by atoms with Crippen LogP contribution in [0.15, 0.2) is 34.1 Å². The van der Waals surface area contributed by atoms with Gasteiger partial charge in [0, 0.05) is 11.6 Å². The quantitative estimate of drug-likeness (QED) is 0.403. The Morgan fingerprint density at radius 2 is 1.90 bits per heavy atom. The minimum Gasteiger partial charge on any atom is -0.324 e. The lowest BCUT2D eigenvalue weighted by atomic mass is 10.4. The first-order chi connectivity index (χ1) is 9.68. The van der Waals surface area contributed by atoms with Gasteiger partial charge in [0.2, 0.25) is 7.37 Å². The fraction of sp³-hybridized carbons (Fsp3) is 0.538. The molecule has 0 spiro atoms. The number of rotatable bonds is 8. The maximum atomic E-state index is 12.2. The van der Waals surface area contributed by atoms with Crippen molar-refractivity contribution in [3.63, 3.8) is 0 Å². The van der Waals surface area contributed by atoms with Gasteiger partial charge in [-0.2, -0.15) is 8.42 Å². The normalized spacial score (nSPS) is 15.1. The predicted molar refractivity (Wildman–Crippen MR) is 85.7 cm³/mol. The summed E-state index contributed by atoms with van der Waals surface area (Å²) in [4.78, 5) is 0.720. The Labute approximate surface area is 131 Å². The van der Waals surface area contributed by atoms with Gasteiger partial charge in [-0.25, -0.2) is 0 Å². The summed E-state index contributed by atoms with van der Waals surface area (Å²) in [6.07, 6.45) is -0.714. The number of thioether (sulfide) groups is 1. The van der Waals surface area contributed by atoms with Crippen molar-refractivity contribution in [2.24, 2.45) is 0 Å². The van der Waals surface area contributed by atoms with E-state index in [1.165, 1.54) is 24.5 Å². The average Bonchev–Trinajstić information content (AvgIpc) is 2.36. The van der Waals surface area contributed by atoms with Crippen LogP contribution < -0.4 is 0 Å². The molecule has 0 aromatic heterocycles. The molecule has 0 amide bonds. The molecule has 1 rings (SSSR count). The second-order valence-electron chi connectivity index (χ2n) is 4.75. The monoisotopic (exact) mass is 352 g/mol. The molecule has 0 bridgehead atoms. The molecular formula is C13H21O5PS2. The molecule has 0 aliphatic rings. The van der Waals surface area contributed by atoms with Gasteiger partial charge in [0.1, 0.15) is 11.2 Å². The highest BCUT2D eigenvalue weighted by molar-refractivity contribution is 8.00. The Morgan fingerprint density at radius 1 is 1.29 bits per heavy atom. The van der Waals surface area contributed by atoms with E-state index in [0.717, 1.165) is 5.75 Å². The van der Waals surface area contributed by atoms with Gasteiger partial charge < -0.3 is 4.52 Å². The molecular weight excluding hydrogens is 331 g/mol. The minimum atomic E-state index is -3.96. The molecule has 0 radical (unpaired) electrons. The van der Waals surface area contributed by atoms with Gasteiger partial charge in [-0.1, -0.05) is 19.1 Å². The Balaban J connectivity index is 2.90. The van der Waals surface area contributed by atoms with E-state index >= 15 is 0 Å². The summed E-state index contributed by atoms with van der Waals surface area (Å²) in [5.74, 6) is 0.745. The summed E-state index contributed by atoms with van der Waals surface area (Å²) in [5.41, 5.74) is 0. The molecule has 1 aromatic carbocycles. The van der Waals surface area contributed by atoms with Gasteiger partial charge >= 0.3 is 0 Å². The largest absolute Gasteiger partial charge is 0.324 e. The number of hydrogen-bond donors (Lipinski definition) is 0. The van der Waals surface area contributed by atoms with Crippen molar-refractivity contribution in [1.82, 2.24) is 0 Å². The summed E-state index contributed by atoms with van der Waals surface area (Å²) in [6, 6.07) is 6.60. The highest BCUT2D eigenvalue weighted by Crippen LogP contribution is 2.44. The molecule has 21 heavy (non-hydrogen) atoms. The Hall–Kier alpha value is -0.330. The molecule has 1 atom stereocenters. The zero-order chi connectivity index (χ0) is 16.1. The summed E-state index contributed by atoms with van der Waals surface area (Å²) in [5, 5.41) is 0. The van der Waals surface area contributed by atoms with Crippen LogP contribution in [0, 0.1) is 0 Å². The zero-order valence-electron chi connectivity index (χ0n) is 12.6. The van der Waals surface area contributed by atoms with Crippen LogP contribution in [0.4, 0.5) is 0 Å². The van der Waals surface area contributed by atoms with Gasteiger partial charge in [0.25, 0.3) is 10.1 Å². The first-order valence-electron chi connectivity index (χ1n) is 6.54. The SMILES string of the molecule is CCSc1ccccc1S(=O)(=O)OCP(C)(=O)OC(C)C. The van der Waals surface area contributed by atoms with Crippen LogP contribution >= 0.6 is 19.1 Å². The molecule has 0 saturated heterocycles. The topological polar surface area (TPSA) is 69.7 Å². The Bertz CT molecular complexity index is 613. The minimum absolute atomic E-state index is 0.0985. The van der Waals surface area contributed by atoms with E-state index in [1.54, 1.807) is 32.0 Å². The summed E-state index contributed by atoms with van der Waals surface area (Å²) in [7, 11) is -7.06. The van der Waals surface area contributed by atoms with Crippen molar-refractivity contribution >= 4 is 29.2 Å². The van der Waals surface area contributed by atoms with Crippen LogP contribution in [0.5, 0.6) is 0 Å². The van der Waals surface area contributed by atoms with E-state index in [0.29, 0.717) is 4.90 Å². The lowest BCUT2D eigenvalue weighted by molar-refractivity contribution is 0.230. The van der Waals surface area contributed by atoms with Gasteiger partial charge in [0.05, 0.1) is 6.10 Å². The van der Waals surface area contributed by atoms with Crippen LogP contribution in [0.2, 0.25) is 0 Å². The molecule has 5 nitrogen and oxygen atoms in total. The van der Waals surface area contributed by atoms with Gasteiger partial charge in [-0.05, 0) is 31.7 Å². The van der Waals surface area contributed by atoms with E-state index in [1.807, 2.05) is 6.92 Å². The average molecular weight is 352 g/mol. The first kappa shape index (κ1) is 18.7. The van der Waals surface area contributed by atoms with Crippen molar-refractivity contribution in [3.05, 3.63) is 24.3 Å². The molecule has 8 heteroatoms. The molecule has 0 heterocycles. The lowest BCUT2D eigenvalue weighted by Gasteiger charge is -2.17. The first-order valence-corrected chi connectivity index (χ1v) is 11.2. The molecule has 0 aliphatic carbocycles. The molecule has 0 N–H and O–H groups in total. The highest BCUT2D eigenvalue weighted by Gasteiger charge is 2.25. The van der Waals surface area contributed by atoms with Crippen molar-refractivity contribution < 1.29 is 21.7 Å². The maximum Gasteiger partial charge on any atom is 0.298 e.